The Hall–Kier alpha value is -2.67. The Bertz CT molecular complexity index is 997. The second-order valence-electron chi connectivity index (χ2n) is 6.57. The van der Waals surface area contributed by atoms with E-state index >= 15 is 0 Å². The Labute approximate surface area is 162 Å². The number of aryl methyl sites for hydroxylation is 1. The van der Waals surface area contributed by atoms with E-state index in [4.69, 9.17) is 21.3 Å². The topological polar surface area (TPSA) is 73.1 Å². The van der Waals surface area contributed by atoms with Gasteiger partial charge in [0.1, 0.15) is 29.0 Å². The summed E-state index contributed by atoms with van der Waals surface area (Å²) < 4.78 is 7.11. The first-order valence-corrected chi connectivity index (χ1v) is 9.28. The lowest BCUT2D eigenvalue weighted by molar-refractivity contribution is -0.142. The molecule has 0 N–H and O–H groups in total. The molecular weight excluding hydrogens is 366 g/mol. The Kier molecular flexibility index (Phi) is 4.70. The molecule has 1 fully saturated rings. The van der Waals surface area contributed by atoms with E-state index in [-0.39, 0.29) is 12.4 Å². The van der Waals surface area contributed by atoms with E-state index < -0.39 is 0 Å². The third-order valence-electron chi connectivity index (χ3n) is 4.73. The molecular formula is C19H20ClN5O2. The molecule has 0 atom stereocenters. The van der Waals surface area contributed by atoms with Crippen molar-refractivity contribution in [1.29, 1.82) is 0 Å². The lowest BCUT2D eigenvalue weighted by Gasteiger charge is -2.39. The third kappa shape index (κ3) is 3.47. The van der Waals surface area contributed by atoms with Crippen molar-refractivity contribution in [3.8, 4) is 0 Å². The number of anilines is 1. The molecule has 1 aromatic carbocycles. The van der Waals surface area contributed by atoms with Crippen molar-refractivity contribution in [1.82, 2.24) is 19.5 Å². The van der Waals surface area contributed by atoms with Crippen LogP contribution in [0.4, 0.5) is 5.82 Å². The van der Waals surface area contributed by atoms with Gasteiger partial charge in [0.2, 0.25) is 0 Å². The number of fused-ring (bicyclic) bond motifs is 1. The molecule has 0 aliphatic carbocycles. The van der Waals surface area contributed by atoms with Crippen LogP contribution < -0.4 is 4.90 Å². The number of imidazole rings is 1. The normalized spacial score (nSPS) is 14.4. The van der Waals surface area contributed by atoms with E-state index in [1.165, 1.54) is 0 Å². The molecule has 0 spiro atoms. The van der Waals surface area contributed by atoms with Crippen molar-refractivity contribution in [3.05, 3.63) is 47.1 Å². The highest BCUT2D eigenvalue weighted by atomic mass is 35.5. The highest BCUT2D eigenvalue weighted by molar-refractivity contribution is 6.29. The van der Waals surface area contributed by atoms with Crippen molar-refractivity contribution in [2.24, 2.45) is 7.05 Å². The second kappa shape index (κ2) is 7.15. The molecule has 4 rings (SSSR count). The molecule has 3 heterocycles. The summed E-state index contributed by atoms with van der Waals surface area (Å²) in [7, 11) is 2.05. The van der Waals surface area contributed by atoms with Gasteiger partial charge in [0, 0.05) is 26.2 Å². The fraction of sp³-hybridized carbons (Fsp3) is 0.368. The molecule has 0 amide bonds. The summed E-state index contributed by atoms with van der Waals surface area (Å²) >= 11 is 6.12. The molecule has 0 unspecified atom stereocenters. The van der Waals surface area contributed by atoms with Gasteiger partial charge in [0.15, 0.2) is 0 Å². The Morgan fingerprint density at radius 2 is 2.04 bits per heavy atom. The molecule has 1 aliphatic heterocycles. The average Bonchev–Trinajstić information content (AvgIpc) is 2.90. The lowest BCUT2D eigenvalue weighted by atomic mass is 9.99. The Morgan fingerprint density at radius 1 is 1.26 bits per heavy atom. The smallest absolute Gasteiger partial charge is 0.313 e. The molecule has 0 bridgehead atoms. The van der Waals surface area contributed by atoms with Gasteiger partial charge in [-0.25, -0.2) is 15.0 Å². The van der Waals surface area contributed by atoms with Crippen LogP contribution in [-0.4, -0.2) is 45.2 Å². The zero-order valence-electron chi connectivity index (χ0n) is 15.2. The van der Waals surface area contributed by atoms with Crippen LogP contribution >= 0.6 is 11.6 Å². The molecule has 1 aliphatic rings. The highest BCUT2D eigenvalue weighted by Gasteiger charge is 2.33. The number of ether oxygens (including phenoxy) is 1. The van der Waals surface area contributed by atoms with Gasteiger partial charge in [-0.05, 0) is 19.1 Å². The number of hydrogen-bond donors (Lipinski definition) is 0. The number of esters is 1. The number of carbonyl (C=O) groups excluding carboxylic acids is 1. The molecule has 2 aromatic heterocycles. The number of benzene rings is 1. The molecule has 1 saturated heterocycles. The van der Waals surface area contributed by atoms with Crippen LogP contribution in [0.3, 0.4) is 0 Å². The summed E-state index contributed by atoms with van der Waals surface area (Å²) in [5.41, 5.74) is 2.14. The molecule has 7 nitrogen and oxygen atoms in total. The van der Waals surface area contributed by atoms with Crippen LogP contribution in [0, 0.1) is 0 Å². The maximum atomic E-state index is 11.7. The number of carbonyl (C=O) groups is 1. The van der Waals surface area contributed by atoms with E-state index in [2.05, 4.69) is 25.5 Å². The monoisotopic (exact) mass is 385 g/mol. The lowest BCUT2D eigenvalue weighted by Crippen LogP contribution is -2.46. The number of halogens is 1. The number of rotatable bonds is 5. The van der Waals surface area contributed by atoms with E-state index in [1.54, 1.807) is 13.0 Å². The first kappa shape index (κ1) is 17.7. The summed E-state index contributed by atoms with van der Waals surface area (Å²) in [6.45, 7) is 3.69. The molecule has 140 valence electrons. The summed E-state index contributed by atoms with van der Waals surface area (Å²) in [6.07, 6.45) is 0.0173. The molecule has 27 heavy (non-hydrogen) atoms. The largest absolute Gasteiger partial charge is 0.466 e. The van der Waals surface area contributed by atoms with Gasteiger partial charge in [-0.3, -0.25) is 4.79 Å². The predicted molar refractivity (Wildman–Crippen MR) is 103 cm³/mol. The van der Waals surface area contributed by atoms with E-state index in [9.17, 15) is 4.79 Å². The minimum Gasteiger partial charge on any atom is -0.466 e. The predicted octanol–water partition coefficient (Wildman–Crippen LogP) is 2.73. The zero-order chi connectivity index (χ0) is 19.0. The van der Waals surface area contributed by atoms with Crippen LogP contribution in [0.5, 0.6) is 0 Å². The van der Waals surface area contributed by atoms with Gasteiger partial charge >= 0.3 is 5.97 Å². The van der Waals surface area contributed by atoms with E-state index in [0.717, 1.165) is 35.8 Å². The summed E-state index contributed by atoms with van der Waals surface area (Å²) in [5.74, 6) is 2.14. The van der Waals surface area contributed by atoms with Gasteiger partial charge < -0.3 is 14.2 Å². The van der Waals surface area contributed by atoms with Crippen molar-refractivity contribution in [2.75, 3.05) is 24.6 Å². The fourth-order valence-corrected chi connectivity index (χ4v) is 3.59. The highest BCUT2D eigenvalue weighted by Crippen LogP contribution is 2.32. The SMILES string of the molecule is CCOC(=O)Cc1nc(Cl)cc(N2CC(c3nc4ccccc4n3C)C2)n1. The van der Waals surface area contributed by atoms with Crippen LogP contribution in [-0.2, 0) is 23.0 Å². The number of aromatic nitrogens is 4. The van der Waals surface area contributed by atoms with E-state index in [0.29, 0.717) is 23.5 Å². The number of para-hydroxylation sites is 2. The van der Waals surface area contributed by atoms with Crippen molar-refractivity contribution in [3.63, 3.8) is 0 Å². The van der Waals surface area contributed by atoms with Gasteiger partial charge in [-0.2, -0.15) is 0 Å². The standard InChI is InChI=1S/C19H20ClN5O2/c1-3-27-18(26)9-16-22-15(20)8-17(23-16)25-10-12(11-25)19-21-13-6-4-5-7-14(13)24(19)2/h4-8,12H,3,9-11H2,1-2H3. The third-order valence-corrected chi connectivity index (χ3v) is 4.92. The minimum absolute atomic E-state index is 0.0173. The first-order valence-electron chi connectivity index (χ1n) is 8.90. The molecule has 3 aromatic rings. The maximum Gasteiger partial charge on any atom is 0.313 e. The van der Waals surface area contributed by atoms with Gasteiger partial charge in [-0.15, -0.1) is 0 Å². The van der Waals surface area contributed by atoms with Crippen LogP contribution in [0.2, 0.25) is 5.15 Å². The van der Waals surface area contributed by atoms with Crippen molar-refractivity contribution in [2.45, 2.75) is 19.3 Å². The quantitative estimate of drug-likeness (QED) is 0.496. The minimum atomic E-state index is -0.355. The van der Waals surface area contributed by atoms with Crippen molar-refractivity contribution >= 4 is 34.4 Å². The van der Waals surface area contributed by atoms with Crippen LogP contribution in [0.1, 0.15) is 24.5 Å². The Morgan fingerprint density at radius 3 is 2.78 bits per heavy atom. The number of hydrogen-bond acceptors (Lipinski definition) is 6. The molecule has 8 heteroatoms. The van der Waals surface area contributed by atoms with Crippen LogP contribution in [0.15, 0.2) is 30.3 Å². The van der Waals surface area contributed by atoms with Gasteiger partial charge in [0.05, 0.1) is 23.6 Å². The van der Waals surface area contributed by atoms with Gasteiger partial charge in [-0.1, -0.05) is 23.7 Å². The van der Waals surface area contributed by atoms with Crippen molar-refractivity contribution < 1.29 is 9.53 Å². The van der Waals surface area contributed by atoms with E-state index in [1.807, 2.05) is 25.2 Å². The first-order chi connectivity index (χ1) is 13.0. The fourth-order valence-electron chi connectivity index (χ4n) is 3.39. The summed E-state index contributed by atoms with van der Waals surface area (Å²) in [6, 6.07) is 9.85. The zero-order valence-corrected chi connectivity index (χ0v) is 16.0. The molecule has 0 radical (unpaired) electrons. The van der Waals surface area contributed by atoms with Gasteiger partial charge in [0.25, 0.3) is 0 Å². The summed E-state index contributed by atoms with van der Waals surface area (Å²) in [5, 5.41) is 0.325. The molecule has 0 saturated carbocycles. The Balaban J connectivity index is 1.49. The van der Waals surface area contributed by atoms with Crippen LogP contribution in [0.25, 0.3) is 11.0 Å². The maximum absolute atomic E-state index is 11.7. The average molecular weight is 386 g/mol. The second-order valence-corrected chi connectivity index (χ2v) is 6.95. The summed E-state index contributed by atoms with van der Waals surface area (Å²) in [4.78, 5) is 27.2. The number of nitrogens with zero attached hydrogens (tertiary/aromatic N) is 5.